The van der Waals surface area contributed by atoms with Gasteiger partial charge in [0.25, 0.3) is 0 Å². The van der Waals surface area contributed by atoms with E-state index in [4.69, 9.17) is 12.2 Å². The smallest absolute Gasteiger partial charge is 0.239 e. The van der Waals surface area contributed by atoms with E-state index in [2.05, 4.69) is 26.6 Å². The van der Waals surface area contributed by atoms with Gasteiger partial charge in [-0.05, 0) is 23.8 Å². The van der Waals surface area contributed by atoms with Crippen LogP contribution in [0.4, 0.5) is 0 Å². The summed E-state index contributed by atoms with van der Waals surface area (Å²) >= 11 is 8.33. The number of thiocarbonyl (C=S) groups is 1. The first-order valence-electron chi connectivity index (χ1n) is 7.95. The second kappa shape index (κ2) is 7.88. The molecule has 0 aromatic heterocycles. The van der Waals surface area contributed by atoms with Gasteiger partial charge in [-0.2, -0.15) is 0 Å². The number of Topliss-reactive ketones (excluding diaryl/α,β-unsaturated/α-hetero) is 1. The van der Waals surface area contributed by atoms with Gasteiger partial charge in [-0.15, -0.1) is 0 Å². The summed E-state index contributed by atoms with van der Waals surface area (Å²) < 4.78 is 0.736. The summed E-state index contributed by atoms with van der Waals surface area (Å²) in [5, 5.41) is 4.94. The molecule has 5 nitrogen and oxygen atoms in total. The lowest BCUT2D eigenvalue weighted by molar-refractivity contribution is -0.136. The molecule has 132 valence electrons. The third-order valence-electron chi connectivity index (χ3n) is 4.25. The molecular formula is C19H15BrN2O3S. The first-order valence-corrected chi connectivity index (χ1v) is 9.16. The van der Waals surface area contributed by atoms with Crippen molar-refractivity contribution in [2.75, 3.05) is 0 Å². The molecule has 0 saturated carbocycles. The van der Waals surface area contributed by atoms with Crippen LogP contribution in [-0.2, 0) is 9.59 Å². The van der Waals surface area contributed by atoms with Gasteiger partial charge in [0, 0.05) is 22.4 Å². The molecular weight excluding hydrogens is 416 g/mol. The van der Waals surface area contributed by atoms with Crippen LogP contribution in [0.2, 0.25) is 0 Å². The van der Waals surface area contributed by atoms with Crippen LogP contribution in [0.5, 0.6) is 0 Å². The van der Waals surface area contributed by atoms with Crippen LogP contribution in [0.3, 0.4) is 0 Å². The third-order valence-corrected chi connectivity index (χ3v) is 5.17. The van der Waals surface area contributed by atoms with E-state index in [-0.39, 0.29) is 17.3 Å². The van der Waals surface area contributed by atoms with Crippen molar-refractivity contribution in [2.45, 2.75) is 12.3 Å². The van der Waals surface area contributed by atoms with E-state index >= 15 is 0 Å². The summed E-state index contributed by atoms with van der Waals surface area (Å²) in [6, 6.07) is 16.1. The number of nitrogens with one attached hydrogen (secondary N) is 2. The number of rotatable bonds is 5. The SMILES string of the molecule is O=C(CC(c1ccccc1Br)C1C(=O)NC(=S)NC1=O)c1ccccc1. The molecule has 1 aliphatic heterocycles. The second-order valence-electron chi connectivity index (χ2n) is 5.91. The van der Waals surface area contributed by atoms with Crippen LogP contribution >= 0.6 is 28.1 Å². The highest BCUT2D eigenvalue weighted by Gasteiger charge is 2.41. The lowest BCUT2D eigenvalue weighted by Crippen LogP contribution is -2.57. The normalized spacial score (nSPS) is 16.0. The van der Waals surface area contributed by atoms with E-state index in [1.165, 1.54) is 0 Å². The van der Waals surface area contributed by atoms with Gasteiger partial charge < -0.3 is 10.6 Å². The van der Waals surface area contributed by atoms with Crippen LogP contribution in [0.15, 0.2) is 59.1 Å². The number of halogens is 1. The Labute approximate surface area is 164 Å². The van der Waals surface area contributed by atoms with E-state index in [9.17, 15) is 14.4 Å². The van der Waals surface area contributed by atoms with E-state index in [1.54, 1.807) is 30.3 Å². The summed E-state index contributed by atoms with van der Waals surface area (Å²) in [5.41, 5.74) is 1.26. The highest BCUT2D eigenvalue weighted by Crippen LogP contribution is 2.35. The van der Waals surface area contributed by atoms with E-state index < -0.39 is 23.7 Å². The molecule has 1 fully saturated rings. The number of hydrogen-bond acceptors (Lipinski definition) is 4. The van der Waals surface area contributed by atoms with Gasteiger partial charge in [-0.1, -0.05) is 64.5 Å². The molecule has 26 heavy (non-hydrogen) atoms. The summed E-state index contributed by atoms with van der Waals surface area (Å²) in [4.78, 5) is 37.7. The van der Waals surface area contributed by atoms with Crippen molar-refractivity contribution in [3.63, 3.8) is 0 Å². The Bertz CT molecular complexity index is 865. The Hall–Kier alpha value is -2.38. The number of benzene rings is 2. The summed E-state index contributed by atoms with van der Waals surface area (Å²) in [6.45, 7) is 0. The molecule has 1 aliphatic rings. The minimum Gasteiger partial charge on any atom is -0.302 e. The first-order chi connectivity index (χ1) is 12.5. The van der Waals surface area contributed by atoms with Gasteiger partial charge in [0.15, 0.2) is 10.9 Å². The molecule has 2 N–H and O–H groups in total. The zero-order valence-corrected chi connectivity index (χ0v) is 16.0. The van der Waals surface area contributed by atoms with Crippen LogP contribution in [0, 0.1) is 5.92 Å². The topological polar surface area (TPSA) is 75.3 Å². The van der Waals surface area contributed by atoms with Crippen LogP contribution in [-0.4, -0.2) is 22.7 Å². The summed E-state index contributed by atoms with van der Waals surface area (Å²) in [7, 11) is 0. The molecule has 2 aromatic rings. The Balaban J connectivity index is 1.99. The minimum absolute atomic E-state index is 0.0171. The largest absolute Gasteiger partial charge is 0.302 e. The van der Waals surface area contributed by atoms with Crippen LogP contribution in [0.25, 0.3) is 0 Å². The predicted molar refractivity (Wildman–Crippen MR) is 105 cm³/mol. The number of hydrogen-bond donors (Lipinski definition) is 2. The third kappa shape index (κ3) is 3.89. The fraction of sp³-hybridized carbons (Fsp3) is 0.158. The highest BCUT2D eigenvalue weighted by molar-refractivity contribution is 9.10. The van der Waals surface area contributed by atoms with E-state index in [0.717, 1.165) is 10.0 Å². The molecule has 3 rings (SSSR count). The Kier molecular flexibility index (Phi) is 5.58. The van der Waals surface area contributed by atoms with Gasteiger partial charge in [0.05, 0.1) is 0 Å². The van der Waals surface area contributed by atoms with E-state index in [0.29, 0.717) is 5.56 Å². The van der Waals surface area contributed by atoms with Gasteiger partial charge in [0.1, 0.15) is 5.92 Å². The second-order valence-corrected chi connectivity index (χ2v) is 7.17. The molecule has 0 bridgehead atoms. The molecule has 1 atom stereocenters. The Morgan fingerprint density at radius 1 is 1.00 bits per heavy atom. The maximum Gasteiger partial charge on any atom is 0.239 e. The van der Waals surface area contributed by atoms with Gasteiger partial charge in [-0.25, -0.2) is 0 Å². The summed E-state index contributed by atoms with van der Waals surface area (Å²) in [5.74, 6) is -2.81. The molecule has 2 amide bonds. The number of carbonyl (C=O) groups excluding carboxylic acids is 3. The fourth-order valence-corrected chi connectivity index (χ4v) is 3.80. The average molecular weight is 431 g/mol. The first kappa shape index (κ1) is 18.4. The maximum absolute atomic E-state index is 12.8. The quantitative estimate of drug-likeness (QED) is 0.434. The molecule has 7 heteroatoms. The van der Waals surface area contributed by atoms with Crippen LogP contribution < -0.4 is 10.6 Å². The Morgan fingerprint density at radius 3 is 2.19 bits per heavy atom. The predicted octanol–water partition coefficient (Wildman–Crippen LogP) is 2.95. The standard InChI is InChI=1S/C19H15BrN2O3S/c20-14-9-5-4-8-12(14)13(10-15(23)11-6-2-1-3-7-11)16-17(24)21-19(26)22-18(16)25/h1-9,13,16H,10H2,(H2,21,22,24,25,26). The molecule has 1 saturated heterocycles. The number of ketones is 1. The fourth-order valence-electron chi connectivity index (χ4n) is 3.02. The molecule has 1 unspecified atom stereocenters. The molecule has 0 radical (unpaired) electrons. The van der Waals surface area contributed by atoms with Crippen molar-refractivity contribution in [3.05, 3.63) is 70.2 Å². The maximum atomic E-state index is 12.8. The van der Waals surface area contributed by atoms with Crippen molar-refractivity contribution < 1.29 is 14.4 Å². The van der Waals surface area contributed by atoms with Crippen molar-refractivity contribution in [3.8, 4) is 0 Å². The number of carbonyl (C=O) groups is 3. The van der Waals surface area contributed by atoms with Crippen molar-refractivity contribution >= 4 is 50.9 Å². The van der Waals surface area contributed by atoms with Gasteiger partial charge in [-0.3, -0.25) is 14.4 Å². The van der Waals surface area contributed by atoms with Crippen LogP contribution in [0.1, 0.15) is 28.3 Å². The van der Waals surface area contributed by atoms with Gasteiger partial charge in [0.2, 0.25) is 11.8 Å². The van der Waals surface area contributed by atoms with E-state index in [1.807, 2.05) is 24.3 Å². The zero-order chi connectivity index (χ0) is 18.7. The highest BCUT2D eigenvalue weighted by atomic mass is 79.9. The molecule has 1 heterocycles. The number of amides is 2. The van der Waals surface area contributed by atoms with Gasteiger partial charge >= 0.3 is 0 Å². The van der Waals surface area contributed by atoms with Crippen molar-refractivity contribution in [1.29, 1.82) is 0 Å². The molecule has 0 spiro atoms. The monoisotopic (exact) mass is 430 g/mol. The van der Waals surface area contributed by atoms with Crippen molar-refractivity contribution in [2.24, 2.45) is 5.92 Å². The minimum atomic E-state index is -1.05. The average Bonchev–Trinajstić information content (AvgIpc) is 2.61. The lowest BCUT2D eigenvalue weighted by Gasteiger charge is -2.29. The molecule has 0 aliphatic carbocycles. The molecule has 2 aromatic carbocycles. The zero-order valence-electron chi connectivity index (χ0n) is 13.6. The van der Waals surface area contributed by atoms with Crippen molar-refractivity contribution in [1.82, 2.24) is 10.6 Å². The summed E-state index contributed by atoms with van der Waals surface area (Å²) in [6.07, 6.45) is 0.0187. The Morgan fingerprint density at radius 2 is 1.58 bits per heavy atom. The lowest BCUT2D eigenvalue weighted by atomic mass is 9.79.